The van der Waals surface area contributed by atoms with Gasteiger partial charge in [0, 0.05) is 25.2 Å². The van der Waals surface area contributed by atoms with Gasteiger partial charge in [0.1, 0.15) is 0 Å². The summed E-state index contributed by atoms with van der Waals surface area (Å²) in [6.07, 6.45) is 0. The van der Waals surface area contributed by atoms with Crippen molar-refractivity contribution in [1.29, 1.82) is 0 Å². The van der Waals surface area contributed by atoms with Crippen LogP contribution in [0.2, 0.25) is 0 Å². The summed E-state index contributed by atoms with van der Waals surface area (Å²) in [7, 11) is -7.50. The number of carbonyl (C=O) groups is 2. The van der Waals surface area contributed by atoms with Gasteiger partial charge in [0.05, 0.1) is 16.7 Å². The number of rotatable bonds is 11. The van der Waals surface area contributed by atoms with E-state index in [0.29, 0.717) is 13.1 Å². The highest BCUT2D eigenvalue weighted by molar-refractivity contribution is 7.89. The molecule has 0 spiro atoms. The van der Waals surface area contributed by atoms with Crippen molar-refractivity contribution in [1.82, 2.24) is 14.3 Å². The van der Waals surface area contributed by atoms with Crippen LogP contribution in [0.25, 0.3) is 0 Å². The number of nitrogens with two attached hydrogens (primary N) is 1. The van der Waals surface area contributed by atoms with Crippen LogP contribution in [0.4, 0.5) is 0 Å². The highest BCUT2D eigenvalue weighted by Crippen LogP contribution is 2.11. The molecule has 0 fully saturated rings. The van der Waals surface area contributed by atoms with Gasteiger partial charge in [0.2, 0.25) is 31.9 Å². The minimum absolute atomic E-state index is 0.138. The van der Waals surface area contributed by atoms with Crippen LogP contribution in [0.5, 0.6) is 0 Å². The molecule has 1 aromatic rings. The molecule has 0 heterocycles. The third-order valence-electron chi connectivity index (χ3n) is 3.93. The zero-order chi connectivity index (χ0) is 21.5. The average molecular weight is 435 g/mol. The zero-order valence-electron chi connectivity index (χ0n) is 16.0. The lowest BCUT2D eigenvalue weighted by molar-refractivity contribution is -0.122. The van der Waals surface area contributed by atoms with Crippen molar-refractivity contribution in [2.45, 2.75) is 31.7 Å². The maximum atomic E-state index is 12.3. The van der Waals surface area contributed by atoms with Crippen LogP contribution >= 0.6 is 0 Å². The van der Waals surface area contributed by atoms with Gasteiger partial charge >= 0.3 is 0 Å². The first kappa shape index (κ1) is 24.0. The summed E-state index contributed by atoms with van der Waals surface area (Å²) in [6.45, 7) is 5.29. The minimum atomic E-state index is -4.01. The number of carbonyl (C=O) groups excluding carboxylic acids is 2. The Balaban J connectivity index is 2.67. The van der Waals surface area contributed by atoms with Crippen molar-refractivity contribution in [3.8, 4) is 0 Å². The molecule has 12 heteroatoms. The van der Waals surface area contributed by atoms with Crippen LogP contribution in [0, 0.1) is 0 Å². The average Bonchev–Trinajstić information content (AvgIpc) is 2.61. The van der Waals surface area contributed by atoms with Crippen molar-refractivity contribution in [3.05, 3.63) is 29.8 Å². The van der Waals surface area contributed by atoms with Gasteiger partial charge in [-0.05, 0) is 31.2 Å². The van der Waals surface area contributed by atoms with Crippen molar-refractivity contribution in [2.75, 3.05) is 25.4 Å². The second-order valence-corrected chi connectivity index (χ2v) is 9.73. The first-order valence-electron chi connectivity index (χ1n) is 8.62. The maximum Gasteiger partial charge on any atom is 0.248 e. The molecule has 158 valence electrons. The normalized spacial score (nSPS) is 13.3. The molecule has 4 N–H and O–H groups in total. The van der Waals surface area contributed by atoms with E-state index in [9.17, 15) is 26.4 Å². The van der Waals surface area contributed by atoms with Gasteiger partial charge in [0.15, 0.2) is 0 Å². The Morgan fingerprint density at radius 1 is 1.07 bits per heavy atom. The fourth-order valence-corrected chi connectivity index (χ4v) is 4.96. The smallest absolute Gasteiger partial charge is 0.248 e. The van der Waals surface area contributed by atoms with Crippen LogP contribution in [0.15, 0.2) is 29.2 Å². The van der Waals surface area contributed by atoms with Gasteiger partial charge < -0.3 is 11.1 Å². The lowest BCUT2D eigenvalue weighted by Crippen LogP contribution is -2.46. The molecular formula is C16H26N4O6S2. The van der Waals surface area contributed by atoms with E-state index in [2.05, 4.69) is 10.0 Å². The third kappa shape index (κ3) is 6.55. The summed E-state index contributed by atoms with van der Waals surface area (Å²) in [5.74, 6) is -1.63. The lowest BCUT2D eigenvalue weighted by Gasteiger charge is -2.19. The molecule has 1 aromatic carbocycles. The summed E-state index contributed by atoms with van der Waals surface area (Å²) in [5.41, 5.74) is 5.26. The van der Waals surface area contributed by atoms with E-state index in [1.165, 1.54) is 35.5 Å². The maximum absolute atomic E-state index is 12.3. The molecule has 0 aromatic heterocycles. The molecular weight excluding hydrogens is 408 g/mol. The Bertz CT molecular complexity index is 894. The number of nitrogens with zero attached hydrogens (tertiary/aromatic N) is 1. The van der Waals surface area contributed by atoms with Gasteiger partial charge in [0.25, 0.3) is 0 Å². The summed E-state index contributed by atoms with van der Waals surface area (Å²) in [5, 5.41) is 2.41. The van der Waals surface area contributed by atoms with Crippen LogP contribution < -0.4 is 15.8 Å². The molecule has 28 heavy (non-hydrogen) atoms. The van der Waals surface area contributed by atoms with Gasteiger partial charge in [-0.15, -0.1) is 0 Å². The molecule has 0 aliphatic heterocycles. The highest BCUT2D eigenvalue weighted by Gasteiger charge is 2.23. The fraction of sp³-hybridized carbons (Fsp3) is 0.500. The van der Waals surface area contributed by atoms with E-state index in [4.69, 9.17) is 5.73 Å². The molecule has 0 bridgehead atoms. The van der Waals surface area contributed by atoms with E-state index in [1.54, 1.807) is 13.8 Å². The van der Waals surface area contributed by atoms with Crippen LogP contribution in [0.3, 0.4) is 0 Å². The van der Waals surface area contributed by atoms with Gasteiger partial charge in [-0.25, -0.2) is 21.1 Å². The number of nitrogens with one attached hydrogen (secondary N) is 2. The molecule has 2 amide bonds. The van der Waals surface area contributed by atoms with Crippen molar-refractivity contribution in [2.24, 2.45) is 5.73 Å². The Morgan fingerprint density at radius 2 is 1.61 bits per heavy atom. The topological polar surface area (TPSA) is 156 Å². The SMILES string of the molecule is CCN(CC)S(=O)(=O)CCNC(=O)[C@H](C)NS(=O)(=O)c1ccc(C(N)=O)cc1. The van der Waals surface area contributed by atoms with Crippen LogP contribution in [-0.2, 0) is 24.8 Å². The number of hydrogen-bond donors (Lipinski definition) is 3. The zero-order valence-corrected chi connectivity index (χ0v) is 17.6. The summed E-state index contributed by atoms with van der Waals surface area (Å²) >= 11 is 0. The Morgan fingerprint density at radius 3 is 2.07 bits per heavy atom. The van der Waals surface area contributed by atoms with E-state index in [1.807, 2.05) is 0 Å². The first-order valence-corrected chi connectivity index (χ1v) is 11.7. The third-order valence-corrected chi connectivity index (χ3v) is 7.51. The highest BCUT2D eigenvalue weighted by atomic mass is 32.2. The molecule has 0 saturated heterocycles. The number of primary amides is 1. The summed E-state index contributed by atoms with van der Waals surface area (Å²) in [6, 6.07) is 3.80. The van der Waals surface area contributed by atoms with Crippen LogP contribution in [0.1, 0.15) is 31.1 Å². The molecule has 0 radical (unpaired) electrons. The second-order valence-electron chi connectivity index (χ2n) is 5.92. The monoisotopic (exact) mass is 434 g/mol. The van der Waals surface area contributed by atoms with Gasteiger partial charge in [-0.2, -0.15) is 4.72 Å². The second kappa shape index (κ2) is 9.96. The van der Waals surface area contributed by atoms with Crippen molar-refractivity contribution in [3.63, 3.8) is 0 Å². The van der Waals surface area contributed by atoms with E-state index >= 15 is 0 Å². The number of sulfonamides is 2. The molecule has 0 aliphatic carbocycles. The minimum Gasteiger partial charge on any atom is -0.366 e. The van der Waals surface area contributed by atoms with Crippen LogP contribution in [-0.4, -0.2) is 64.4 Å². The van der Waals surface area contributed by atoms with Gasteiger partial charge in [-0.1, -0.05) is 13.8 Å². The molecule has 10 nitrogen and oxygen atoms in total. The largest absolute Gasteiger partial charge is 0.366 e. The molecule has 0 aliphatic rings. The van der Waals surface area contributed by atoms with E-state index in [-0.39, 0.29) is 22.8 Å². The molecule has 0 saturated carbocycles. The number of hydrogen-bond acceptors (Lipinski definition) is 6. The molecule has 1 rings (SSSR count). The quantitative estimate of drug-likeness (QED) is 0.416. The number of amides is 2. The Labute approximate surface area is 165 Å². The predicted octanol–water partition coefficient (Wildman–Crippen LogP) is -0.760. The fourth-order valence-electron chi connectivity index (χ4n) is 2.36. The lowest BCUT2D eigenvalue weighted by atomic mass is 10.2. The Kier molecular flexibility index (Phi) is 8.54. The van der Waals surface area contributed by atoms with Crippen molar-refractivity contribution >= 4 is 31.9 Å². The van der Waals surface area contributed by atoms with Crippen molar-refractivity contribution < 1.29 is 26.4 Å². The summed E-state index contributed by atoms with van der Waals surface area (Å²) in [4.78, 5) is 23.0. The molecule has 1 atom stereocenters. The van der Waals surface area contributed by atoms with Gasteiger partial charge in [-0.3, -0.25) is 9.59 Å². The van der Waals surface area contributed by atoms with E-state index < -0.39 is 37.9 Å². The Hall–Kier alpha value is -2.02. The first-order chi connectivity index (χ1) is 12.9. The standard InChI is InChI=1S/C16H26N4O6S2/c1-4-20(5-2)27(23,24)11-10-18-16(22)12(3)19-28(25,26)14-8-6-13(7-9-14)15(17)21/h6-9,12,19H,4-5,10-11H2,1-3H3,(H2,17,21)(H,18,22)/t12-/m0/s1. The predicted molar refractivity (Wildman–Crippen MR) is 104 cm³/mol. The van der Waals surface area contributed by atoms with E-state index in [0.717, 1.165) is 0 Å². The summed E-state index contributed by atoms with van der Waals surface area (Å²) < 4.78 is 52.2. The molecule has 0 unspecified atom stereocenters. The number of benzene rings is 1.